The van der Waals surface area contributed by atoms with Crippen molar-refractivity contribution in [2.75, 3.05) is 25.4 Å². The molecule has 1 aromatic heterocycles. The van der Waals surface area contributed by atoms with Crippen LogP contribution in [0.4, 0.5) is 0 Å². The zero-order valence-corrected chi connectivity index (χ0v) is 21.7. The molecule has 0 atom stereocenters. The molecular formula is C24H33IN4O2S. The van der Waals surface area contributed by atoms with E-state index >= 15 is 0 Å². The van der Waals surface area contributed by atoms with Gasteiger partial charge in [-0.15, -0.1) is 24.0 Å². The third kappa shape index (κ3) is 8.46. The summed E-state index contributed by atoms with van der Waals surface area (Å²) >= 11 is 0. The van der Waals surface area contributed by atoms with Gasteiger partial charge in [0.25, 0.3) is 0 Å². The fourth-order valence-electron chi connectivity index (χ4n) is 3.51. The van der Waals surface area contributed by atoms with E-state index in [1.807, 2.05) is 37.3 Å². The van der Waals surface area contributed by atoms with Crippen LogP contribution in [-0.4, -0.2) is 44.3 Å². The molecule has 0 aliphatic heterocycles. The van der Waals surface area contributed by atoms with E-state index in [2.05, 4.69) is 56.7 Å². The smallest absolute Gasteiger partial charge is 0.191 e. The van der Waals surface area contributed by atoms with Crippen molar-refractivity contribution in [2.45, 2.75) is 32.1 Å². The minimum atomic E-state index is -3.11. The number of fused-ring (bicyclic) bond motifs is 1. The zero-order chi connectivity index (χ0) is 21.9. The molecule has 6 nitrogen and oxygen atoms in total. The molecule has 3 aromatic rings. The summed E-state index contributed by atoms with van der Waals surface area (Å²) in [7, 11) is -3.11. The van der Waals surface area contributed by atoms with E-state index in [0.29, 0.717) is 19.5 Å². The Morgan fingerprint density at radius 2 is 1.72 bits per heavy atom. The van der Waals surface area contributed by atoms with Crippen LogP contribution in [-0.2, 0) is 22.1 Å². The van der Waals surface area contributed by atoms with Gasteiger partial charge in [0.05, 0.1) is 11.5 Å². The number of aryl methyl sites for hydroxylation is 1. The highest BCUT2D eigenvalue weighted by molar-refractivity contribution is 14.0. The highest BCUT2D eigenvalue weighted by Crippen LogP contribution is 2.15. The molecule has 0 saturated heterocycles. The highest BCUT2D eigenvalue weighted by atomic mass is 127. The summed E-state index contributed by atoms with van der Waals surface area (Å²) in [6.45, 7) is 4.97. The molecule has 0 radical (unpaired) electrons. The van der Waals surface area contributed by atoms with Crippen molar-refractivity contribution < 1.29 is 8.42 Å². The second-order valence-electron chi connectivity index (χ2n) is 7.54. The fraction of sp³-hybridized carbons (Fsp3) is 0.375. The summed E-state index contributed by atoms with van der Waals surface area (Å²) in [6, 6.07) is 19.8. The van der Waals surface area contributed by atoms with Crippen molar-refractivity contribution in [3.05, 3.63) is 72.4 Å². The quantitative estimate of drug-likeness (QED) is 0.157. The van der Waals surface area contributed by atoms with E-state index in [0.717, 1.165) is 31.0 Å². The van der Waals surface area contributed by atoms with E-state index in [4.69, 9.17) is 0 Å². The number of rotatable bonds is 11. The van der Waals surface area contributed by atoms with E-state index in [-0.39, 0.29) is 35.5 Å². The number of benzene rings is 2. The normalized spacial score (nSPS) is 11.8. The Morgan fingerprint density at radius 3 is 2.50 bits per heavy atom. The van der Waals surface area contributed by atoms with E-state index in [9.17, 15) is 8.42 Å². The van der Waals surface area contributed by atoms with Gasteiger partial charge in [0, 0.05) is 37.9 Å². The number of halogens is 1. The fourth-order valence-corrected chi connectivity index (χ4v) is 4.94. The molecule has 8 heteroatoms. The van der Waals surface area contributed by atoms with Gasteiger partial charge in [0.2, 0.25) is 0 Å². The van der Waals surface area contributed by atoms with Gasteiger partial charge in [-0.3, -0.25) is 4.99 Å². The minimum absolute atomic E-state index is 0. The lowest BCUT2D eigenvalue weighted by molar-refractivity contribution is 0.591. The predicted molar refractivity (Wildman–Crippen MR) is 145 cm³/mol. The van der Waals surface area contributed by atoms with Crippen molar-refractivity contribution in [3.63, 3.8) is 0 Å². The number of nitrogens with zero attached hydrogens (tertiary/aromatic N) is 2. The van der Waals surface area contributed by atoms with Crippen molar-refractivity contribution >= 4 is 50.7 Å². The molecule has 1 heterocycles. The van der Waals surface area contributed by atoms with Gasteiger partial charge >= 0.3 is 0 Å². The third-order valence-corrected chi connectivity index (χ3v) is 6.69. The van der Waals surface area contributed by atoms with Gasteiger partial charge in [-0.05, 0) is 42.8 Å². The Balaban J connectivity index is 0.00000363. The number of aliphatic imine (C=N–C) groups is 1. The van der Waals surface area contributed by atoms with Gasteiger partial charge in [0.15, 0.2) is 15.8 Å². The largest absolute Gasteiger partial charge is 0.357 e. The first-order chi connectivity index (χ1) is 15.1. The van der Waals surface area contributed by atoms with Crippen LogP contribution in [0.25, 0.3) is 10.9 Å². The molecule has 2 N–H and O–H groups in total. The van der Waals surface area contributed by atoms with Gasteiger partial charge < -0.3 is 15.2 Å². The number of nitrogens with one attached hydrogen (secondary N) is 2. The molecule has 0 unspecified atom stereocenters. The standard InChI is InChI=1S/C24H32N4O2S.HI/c1-2-25-24(26-15-8-17-28-18-14-22-12-6-7-13-23(22)28)27-16-9-19-31(29,30)20-21-10-4-3-5-11-21;/h3-7,10-14,18H,2,8-9,15-17,19-20H2,1H3,(H2,25,26,27);1H. The first-order valence-corrected chi connectivity index (χ1v) is 12.7. The van der Waals surface area contributed by atoms with Crippen molar-refractivity contribution in [2.24, 2.45) is 4.99 Å². The molecule has 0 saturated carbocycles. The molecule has 0 aliphatic rings. The summed E-state index contributed by atoms with van der Waals surface area (Å²) in [5.74, 6) is 0.991. The topological polar surface area (TPSA) is 75.5 Å². The summed E-state index contributed by atoms with van der Waals surface area (Å²) in [4.78, 5) is 4.63. The van der Waals surface area contributed by atoms with Crippen molar-refractivity contribution in [1.82, 2.24) is 15.2 Å². The maximum atomic E-state index is 12.3. The molecule has 174 valence electrons. The first-order valence-electron chi connectivity index (χ1n) is 10.9. The SMILES string of the molecule is CCNC(=NCCCn1ccc2ccccc21)NCCCS(=O)(=O)Cc1ccccc1.I. The van der Waals surface area contributed by atoms with Crippen LogP contribution < -0.4 is 10.6 Å². The van der Waals surface area contributed by atoms with Gasteiger partial charge in [-0.2, -0.15) is 0 Å². The van der Waals surface area contributed by atoms with E-state index in [1.54, 1.807) is 0 Å². The van der Waals surface area contributed by atoms with Crippen LogP contribution in [0.3, 0.4) is 0 Å². The van der Waals surface area contributed by atoms with Crippen LogP contribution in [0, 0.1) is 0 Å². The van der Waals surface area contributed by atoms with E-state index < -0.39 is 9.84 Å². The Labute approximate surface area is 208 Å². The molecule has 0 spiro atoms. The average molecular weight is 569 g/mol. The minimum Gasteiger partial charge on any atom is -0.357 e. The lowest BCUT2D eigenvalue weighted by atomic mass is 10.2. The number of sulfone groups is 1. The average Bonchev–Trinajstić information content (AvgIpc) is 3.17. The summed E-state index contributed by atoms with van der Waals surface area (Å²) < 4.78 is 26.9. The molecule has 2 aromatic carbocycles. The molecule has 0 fully saturated rings. The third-order valence-electron chi connectivity index (χ3n) is 5.01. The predicted octanol–water partition coefficient (Wildman–Crippen LogP) is 4.21. The molecule has 32 heavy (non-hydrogen) atoms. The van der Waals surface area contributed by atoms with Crippen LogP contribution in [0.15, 0.2) is 71.9 Å². The molecule has 0 amide bonds. The second-order valence-corrected chi connectivity index (χ2v) is 9.72. The van der Waals surface area contributed by atoms with Crippen LogP contribution >= 0.6 is 24.0 Å². The Hall–Kier alpha value is -2.07. The number of para-hydroxylation sites is 1. The summed E-state index contributed by atoms with van der Waals surface area (Å²) in [6.07, 6.45) is 3.60. The summed E-state index contributed by atoms with van der Waals surface area (Å²) in [5.41, 5.74) is 2.08. The van der Waals surface area contributed by atoms with Crippen LogP contribution in [0.5, 0.6) is 0 Å². The van der Waals surface area contributed by atoms with Crippen LogP contribution in [0.1, 0.15) is 25.3 Å². The van der Waals surface area contributed by atoms with Gasteiger partial charge in [0.1, 0.15) is 0 Å². The number of guanidine groups is 1. The molecular weight excluding hydrogens is 535 g/mol. The van der Waals surface area contributed by atoms with Gasteiger partial charge in [-0.1, -0.05) is 48.5 Å². The molecule has 0 bridgehead atoms. The van der Waals surface area contributed by atoms with Crippen LogP contribution in [0.2, 0.25) is 0 Å². The number of aromatic nitrogens is 1. The van der Waals surface area contributed by atoms with Crippen molar-refractivity contribution in [1.29, 1.82) is 0 Å². The molecule has 0 aliphatic carbocycles. The first kappa shape index (κ1) is 26.2. The maximum absolute atomic E-state index is 12.3. The summed E-state index contributed by atoms with van der Waals surface area (Å²) in [5, 5.41) is 7.73. The number of hydrogen-bond acceptors (Lipinski definition) is 3. The Kier molecular flexibility index (Phi) is 11.0. The monoisotopic (exact) mass is 568 g/mol. The highest BCUT2D eigenvalue weighted by Gasteiger charge is 2.11. The Morgan fingerprint density at radius 1 is 0.969 bits per heavy atom. The zero-order valence-electron chi connectivity index (χ0n) is 18.5. The van der Waals surface area contributed by atoms with E-state index in [1.165, 1.54) is 10.9 Å². The lowest BCUT2D eigenvalue weighted by Gasteiger charge is -2.12. The molecule has 3 rings (SSSR count). The second kappa shape index (κ2) is 13.5. The Bertz CT molecular complexity index is 1080. The van der Waals surface area contributed by atoms with Crippen molar-refractivity contribution in [3.8, 4) is 0 Å². The lowest BCUT2D eigenvalue weighted by Crippen LogP contribution is -2.38. The van der Waals surface area contributed by atoms with Gasteiger partial charge in [-0.25, -0.2) is 8.42 Å². The maximum Gasteiger partial charge on any atom is 0.191 e. The number of hydrogen-bond donors (Lipinski definition) is 2.